The summed E-state index contributed by atoms with van der Waals surface area (Å²) in [6.45, 7) is 3.19. The van der Waals surface area contributed by atoms with Gasteiger partial charge in [-0.05, 0) is 0 Å². The summed E-state index contributed by atoms with van der Waals surface area (Å²) in [5, 5.41) is 2.01. The van der Waals surface area contributed by atoms with Crippen molar-refractivity contribution in [3.8, 4) is 0 Å². The molecule has 0 aromatic heterocycles. The van der Waals surface area contributed by atoms with Gasteiger partial charge in [-0.15, -0.1) is 0 Å². The molecule has 0 aromatic rings. The van der Waals surface area contributed by atoms with Gasteiger partial charge in [-0.2, -0.15) is 0 Å². The fourth-order valence-corrected chi connectivity index (χ4v) is 0.972. The van der Waals surface area contributed by atoms with Crippen LogP contribution < -0.4 is 16.7 Å². The number of nitrogens with two attached hydrogens (primary N) is 1. The van der Waals surface area contributed by atoms with E-state index in [1.165, 1.54) is 0 Å². The quantitative estimate of drug-likeness (QED) is 0.190. The Balaban J connectivity index is 2.28. The van der Waals surface area contributed by atoms with Crippen LogP contribution in [0, 0.1) is 0 Å². The lowest BCUT2D eigenvalue weighted by Gasteiger charge is -2.27. The first kappa shape index (κ1) is 9.24. The Bertz CT molecular complexity index is 154. The molecule has 0 spiro atoms. The van der Waals surface area contributed by atoms with E-state index < -0.39 is 0 Å². The number of morpholine rings is 1. The van der Waals surface area contributed by atoms with Crippen molar-refractivity contribution in [2.75, 3.05) is 33.4 Å². The van der Waals surface area contributed by atoms with Crippen LogP contribution in [0.4, 0.5) is 0 Å². The van der Waals surface area contributed by atoms with Crippen LogP contribution in [-0.2, 0) is 4.74 Å². The molecule has 0 bridgehead atoms. The molecular formula is C6H15N5O. The average Bonchev–Trinajstić information content (AvgIpc) is 2.16. The van der Waals surface area contributed by atoms with Gasteiger partial charge in [0.1, 0.15) is 0 Å². The molecule has 1 saturated heterocycles. The lowest BCUT2D eigenvalue weighted by atomic mass is 10.5. The van der Waals surface area contributed by atoms with Crippen LogP contribution in [0.25, 0.3) is 0 Å². The van der Waals surface area contributed by atoms with Crippen molar-refractivity contribution in [2.45, 2.75) is 0 Å². The maximum atomic E-state index is 5.20. The third kappa shape index (κ3) is 2.65. The number of ether oxygens (including phenoxy) is 1. The van der Waals surface area contributed by atoms with Gasteiger partial charge in [0.2, 0.25) is 5.96 Å². The highest BCUT2D eigenvalue weighted by molar-refractivity contribution is 5.78. The molecule has 0 aromatic carbocycles. The Hall–Kier alpha value is -0.850. The SMILES string of the molecule is CN=C(NN)NN1CCOCC1. The number of nitrogens with one attached hydrogen (secondary N) is 2. The topological polar surface area (TPSA) is 74.9 Å². The van der Waals surface area contributed by atoms with Crippen molar-refractivity contribution in [1.29, 1.82) is 0 Å². The predicted octanol–water partition coefficient (Wildman–Crippen LogP) is -1.73. The second-order valence-corrected chi connectivity index (χ2v) is 2.43. The molecule has 1 rings (SSSR count). The second kappa shape index (κ2) is 4.91. The van der Waals surface area contributed by atoms with Gasteiger partial charge < -0.3 is 4.74 Å². The van der Waals surface area contributed by atoms with E-state index in [4.69, 9.17) is 10.6 Å². The van der Waals surface area contributed by atoms with E-state index in [1.54, 1.807) is 7.05 Å². The van der Waals surface area contributed by atoms with Crippen LogP contribution in [-0.4, -0.2) is 44.3 Å². The van der Waals surface area contributed by atoms with Gasteiger partial charge in [0.05, 0.1) is 13.2 Å². The fraction of sp³-hybridized carbons (Fsp3) is 0.833. The number of hydrazine groups is 2. The van der Waals surface area contributed by atoms with Gasteiger partial charge in [0.15, 0.2) is 0 Å². The Morgan fingerprint density at radius 3 is 2.67 bits per heavy atom. The molecule has 0 saturated carbocycles. The molecule has 0 unspecified atom stereocenters. The summed E-state index contributed by atoms with van der Waals surface area (Å²) >= 11 is 0. The minimum atomic E-state index is 0.567. The Morgan fingerprint density at radius 1 is 1.50 bits per heavy atom. The molecule has 70 valence electrons. The van der Waals surface area contributed by atoms with Crippen molar-refractivity contribution in [3.05, 3.63) is 0 Å². The summed E-state index contributed by atoms with van der Waals surface area (Å²) in [5.41, 5.74) is 5.48. The smallest absolute Gasteiger partial charge is 0.220 e. The van der Waals surface area contributed by atoms with E-state index in [9.17, 15) is 0 Å². The highest BCUT2D eigenvalue weighted by Crippen LogP contribution is 1.91. The van der Waals surface area contributed by atoms with Crippen LogP contribution in [0.5, 0.6) is 0 Å². The molecule has 6 nitrogen and oxygen atoms in total. The summed E-state index contributed by atoms with van der Waals surface area (Å²) in [6.07, 6.45) is 0. The third-order valence-electron chi connectivity index (χ3n) is 1.64. The van der Waals surface area contributed by atoms with E-state index in [0.717, 1.165) is 26.3 Å². The number of hydrogen-bond donors (Lipinski definition) is 3. The van der Waals surface area contributed by atoms with E-state index in [0.29, 0.717) is 5.96 Å². The first-order valence-electron chi connectivity index (χ1n) is 3.89. The maximum absolute atomic E-state index is 5.20. The molecule has 0 aliphatic carbocycles. The van der Waals surface area contributed by atoms with Gasteiger partial charge in [-0.25, -0.2) is 10.9 Å². The second-order valence-electron chi connectivity index (χ2n) is 2.43. The summed E-state index contributed by atoms with van der Waals surface area (Å²) < 4.78 is 5.18. The summed E-state index contributed by atoms with van der Waals surface area (Å²) in [7, 11) is 1.67. The molecule has 1 aliphatic heterocycles. The van der Waals surface area contributed by atoms with Gasteiger partial charge in [0, 0.05) is 20.1 Å². The molecule has 1 aliphatic rings. The molecule has 1 fully saturated rings. The minimum absolute atomic E-state index is 0.567. The number of hydrogen-bond acceptors (Lipinski definition) is 4. The van der Waals surface area contributed by atoms with Crippen molar-refractivity contribution < 1.29 is 4.74 Å². The molecule has 4 N–H and O–H groups in total. The van der Waals surface area contributed by atoms with Gasteiger partial charge in [-0.3, -0.25) is 15.8 Å². The normalized spacial score (nSPS) is 20.7. The zero-order chi connectivity index (χ0) is 8.81. The van der Waals surface area contributed by atoms with E-state index in [-0.39, 0.29) is 0 Å². The maximum Gasteiger partial charge on any atom is 0.220 e. The van der Waals surface area contributed by atoms with Crippen LogP contribution >= 0.6 is 0 Å². The largest absolute Gasteiger partial charge is 0.379 e. The minimum Gasteiger partial charge on any atom is -0.379 e. The Labute approximate surface area is 71.7 Å². The standard InChI is InChI=1S/C6H15N5O/c1-8-6(9-7)10-11-2-4-12-5-3-11/h2-5,7H2,1H3,(H2,8,9,10). The molecule has 1 heterocycles. The zero-order valence-electron chi connectivity index (χ0n) is 7.21. The molecular weight excluding hydrogens is 158 g/mol. The predicted molar refractivity (Wildman–Crippen MR) is 46.2 cm³/mol. The van der Waals surface area contributed by atoms with E-state index in [1.807, 2.05) is 5.01 Å². The number of rotatable bonds is 1. The first-order valence-corrected chi connectivity index (χ1v) is 3.89. The fourth-order valence-electron chi connectivity index (χ4n) is 0.972. The molecule has 6 heteroatoms. The van der Waals surface area contributed by atoms with Crippen LogP contribution in [0.1, 0.15) is 0 Å². The van der Waals surface area contributed by atoms with Crippen LogP contribution in [0.3, 0.4) is 0 Å². The number of nitrogens with zero attached hydrogens (tertiary/aromatic N) is 2. The lowest BCUT2D eigenvalue weighted by molar-refractivity contribution is 0.0242. The molecule has 12 heavy (non-hydrogen) atoms. The van der Waals surface area contributed by atoms with Crippen LogP contribution in [0.2, 0.25) is 0 Å². The van der Waals surface area contributed by atoms with Crippen molar-refractivity contribution >= 4 is 5.96 Å². The summed E-state index contributed by atoms with van der Waals surface area (Å²) in [5.74, 6) is 5.77. The van der Waals surface area contributed by atoms with Gasteiger partial charge in [0.25, 0.3) is 0 Å². The van der Waals surface area contributed by atoms with Crippen molar-refractivity contribution in [3.63, 3.8) is 0 Å². The van der Waals surface area contributed by atoms with Gasteiger partial charge in [-0.1, -0.05) is 0 Å². The third-order valence-corrected chi connectivity index (χ3v) is 1.64. The molecule has 0 radical (unpaired) electrons. The zero-order valence-corrected chi connectivity index (χ0v) is 7.21. The average molecular weight is 173 g/mol. The van der Waals surface area contributed by atoms with Crippen molar-refractivity contribution in [2.24, 2.45) is 10.8 Å². The molecule has 0 atom stereocenters. The lowest BCUT2D eigenvalue weighted by Crippen LogP contribution is -2.53. The summed E-state index contributed by atoms with van der Waals surface area (Å²) in [4.78, 5) is 3.89. The van der Waals surface area contributed by atoms with Crippen molar-refractivity contribution in [1.82, 2.24) is 15.9 Å². The highest BCUT2D eigenvalue weighted by atomic mass is 16.5. The monoisotopic (exact) mass is 173 g/mol. The Morgan fingerprint density at radius 2 is 2.17 bits per heavy atom. The summed E-state index contributed by atoms with van der Waals surface area (Å²) in [6, 6.07) is 0. The van der Waals surface area contributed by atoms with Crippen LogP contribution in [0.15, 0.2) is 4.99 Å². The number of aliphatic imine (C=N–C) groups is 1. The van der Waals surface area contributed by atoms with E-state index >= 15 is 0 Å². The molecule has 0 amide bonds. The van der Waals surface area contributed by atoms with Gasteiger partial charge >= 0.3 is 0 Å². The van der Waals surface area contributed by atoms with E-state index in [2.05, 4.69) is 15.8 Å². The highest BCUT2D eigenvalue weighted by Gasteiger charge is 2.10. The Kier molecular flexibility index (Phi) is 3.78. The number of guanidine groups is 1. The first-order chi connectivity index (χ1) is 5.86.